The van der Waals surface area contributed by atoms with Gasteiger partial charge in [0.2, 0.25) is 0 Å². The van der Waals surface area contributed by atoms with Gasteiger partial charge in [0.15, 0.2) is 0 Å². The van der Waals surface area contributed by atoms with Crippen molar-refractivity contribution in [3.63, 3.8) is 0 Å². The van der Waals surface area contributed by atoms with Gasteiger partial charge in [-0.05, 0) is 13.3 Å². The molecule has 1 atom stereocenters. The lowest BCUT2D eigenvalue weighted by Crippen LogP contribution is -2.15. The molecule has 1 aromatic heterocycles. The Bertz CT molecular complexity index is 295. The first kappa shape index (κ1) is 11.5. The smallest absolute Gasteiger partial charge is 0.323 e. The number of halogens is 3. The second kappa shape index (κ2) is 4.27. The highest BCUT2D eigenvalue weighted by molar-refractivity contribution is 7.09. The Morgan fingerprint density at radius 2 is 2.21 bits per heavy atom. The number of aromatic nitrogens is 1. The molecule has 0 aliphatic carbocycles. The number of aryl methyl sites for hydroxylation is 1. The number of alkyl halides is 3. The van der Waals surface area contributed by atoms with E-state index in [2.05, 4.69) is 4.98 Å². The summed E-state index contributed by atoms with van der Waals surface area (Å²) in [6.45, 7) is 1.75. The fourth-order valence-corrected chi connectivity index (χ4v) is 1.96. The first-order valence-corrected chi connectivity index (χ1v) is 5.00. The maximum atomic E-state index is 11.9. The van der Waals surface area contributed by atoms with E-state index in [-0.39, 0.29) is 6.42 Å². The van der Waals surface area contributed by atoms with Crippen molar-refractivity contribution in [2.45, 2.75) is 32.0 Å². The molecule has 0 aliphatic rings. The third-order valence-electron chi connectivity index (χ3n) is 1.86. The van der Waals surface area contributed by atoms with Crippen LogP contribution in [0.1, 0.15) is 29.5 Å². The lowest BCUT2D eigenvalue weighted by Gasteiger charge is -2.11. The summed E-state index contributed by atoms with van der Waals surface area (Å²) in [4.78, 5) is 4.68. The highest BCUT2D eigenvalue weighted by Crippen LogP contribution is 2.28. The van der Waals surface area contributed by atoms with Crippen molar-refractivity contribution in [3.05, 3.63) is 16.1 Å². The molecule has 14 heavy (non-hydrogen) atoms. The van der Waals surface area contributed by atoms with Crippen molar-refractivity contribution in [2.24, 2.45) is 5.73 Å². The standard InChI is InChI=1S/C8H11F3N2S/c1-5-7(14-4-13-5)6(12)2-3-8(9,10)11/h4,6H,2-3,12H2,1H3. The predicted octanol–water partition coefficient (Wildman–Crippen LogP) is 2.79. The molecule has 0 saturated carbocycles. The molecule has 1 rings (SSSR count). The lowest BCUT2D eigenvalue weighted by atomic mass is 10.1. The maximum Gasteiger partial charge on any atom is 0.389 e. The highest BCUT2D eigenvalue weighted by atomic mass is 32.1. The molecule has 0 fully saturated rings. The van der Waals surface area contributed by atoms with Gasteiger partial charge in [-0.2, -0.15) is 13.2 Å². The van der Waals surface area contributed by atoms with Crippen LogP contribution in [0.2, 0.25) is 0 Å². The van der Waals surface area contributed by atoms with Crippen LogP contribution in [0.4, 0.5) is 13.2 Å². The lowest BCUT2D eigenvalue weighted by molar-refractivity contribution is -0.136. The molecule has 0 aromatic carbocycles. The molecule has 1 unspecified atom stereocenters. The van der Waals surface area contributed by atoms with E-state index in [1.807, 2.05) is 0 Å². The van der Waals surface area contributed by atoms with Gasteiger partial charge in [-0.15, -0.1) is 11.3 Å². The molecule has 0 aliphatic heterocycles. The number of nitrogens with zero attached hydrogens (tertiary/aromatic N) is 1. The van der Waals surface area contributed by atoms with E-state index in [1.54, 1.807) is 12.4 Å². The number of rotatable bonds is 3. The molecule has 2 N–H and O–H groups in total. The quantitative estimate of drug-likeness (QED) is 0.857. The van der Waals surface area contributed by atoms with Gasteiger partial charge in [-0.25, -0.2) is 4.98 Å². The van der Waals surface area contributed by atoms with Gasteiger partial charge in [0.25, 0.3) is 0 Å². The van der Waals surface area contributed by atoms with Crippen molar-refractivity contribution in [3.8, 4) is 0 Å². The minimum Gasteiger partial charge on any atom is -0.323 e. The Hall–Kier alpha value is -0.620. The minimum atomic E-state index is -4.13. The Kier molecular flexibility index (Phi) is 3.49. The molecular weight excluding hydrogens is 213 g/mol. The van der Waals surface area contributed by atoms with Gasteiger partial charge in [-0.1, -0.05) is 0 Å². The Morgan fingerprint density at radius 3 is 2.64 bits per heavy atom. The number of hydrogen-bond acceptors (Lipinski definition) is 3. The van der Waals surface area contributed by atoms with E-state index in [4.69, 9.17) is 5.73 Å². The molecule has 6 heteroatoms. The van der Waals surface area contributed by atoms with Crippen molar-refractivity contribution in [1.29, 1.82) is 0 Å². The SMILES string of the molecule is Cc1ncsc1C(N)CCC(F)(F)F. The van der Waals surface area contributed by atoms with Crippen LogP contribution in [0.25, 0.3) is 0 Å². The van der Waals surface area contributed by atoms with Gasteiger partial charge < -0.3 is 5.73 Å². The number of hydrogen-bond donors (Lipinski definition) is 1. The van der Waals surface area contributed by atoms with E-state index in [0.717, 1.165) is 10.6 Å². The average molecular weight is 224 g/mol. The fraction of sp³-hybridized carbons (Fsp3) is 0.625. The summed E-state index contributed by atoms with van der Waals surface area (Å²) in [6.07, 6.45) is -5.05. The summed E-state index contributed by atoms with van der Waals surface area (Å²) in [5.41, 5.74) is 7.94. The Balaban J connectivity index is 2.51. The summed E-state index contributed by atoms with van der Waals surface area (Å²) in [7, 11) is 0. The van der Waals surface area contributed by atoms with Crippen molar-refractivity contribution in [2.75, 3.05) is 0 Å². The molecule has 0 radical (unpaired) electrons. The van der Waals surface area contributed by atoms with Crippen LogP contribution >= 0.6 is 11.3 Å². The Labute approximate surface area is 84.0 Å². The van der Waals surface area contributed by atoms with Crippen LogP contribution in [0.15, 0.2) is 5.51 Å². The van der Waals surface area contributed by atoms with Gasteiger partial charge in [0, 0.05) is 17.3 Å². The summed E-state index contributed by atoms with van der Waals surface area (Å²) in [5, 5.41) is 0. The third-order valence-corrected chi connectivity index (χ3v) is 2.92. The first-order valence-electron chi connectivity index (χ1n) is 4.12. The zero-order chi connectivity index (χ0) is 10.8. The van der Waals surface area contributed by atoms with E-state index in [9.17, 15) is 13.2 Å². The van der Waals surface area contributed by atoms with Crippen LogP contribution in [0.3, 0.4) is 0 Å². The number of nitrogens with two attached hydrogens (primary N) is 1. The summed E-state index contributed by atoms with van der Waals surface area (Å²) >= 11 is 1.30. The van der Waals surface area contributed by atoms with Gasteiger partial charge in [0.1, 0.15) is 0 Å². The van der Waals surface area contributed by atoms with Crippen molar-refractivity contribution < 1.29 is 13.2 Å². The third kappa shape index (κ3) is 3.26. The van der Waals surface area contributed by atoms with Crippen LogP contribution < -0.4 is 5.73 Å². The summed E-state index contributed by atoms with van der Waals surface area (Å²) in [5.74, 6) is 0. The van der Waals surface area contributed by atoms with E-state index in [1.165, 1.54) is 11.3 Å². The van der Waals surface area contributed by atoms with Gasteiger partial charge >= 0.3 is 6.18 Å². The molecule has 0 spiro atoms. The van der Waals surface area contributed by atoms with Crippen LogP contribution in [-0.4, -0.2) is 11.2 Å². The minimum absolute atomic E-state index is 0.0769. The average Bonchev–Trinajstić information content (AvgIpc) is 2.46. The monoisotopic (exact) mass is 224 g/mol. The fourth-order valence-electron chi connectivity index (χ4n) is 1.12. The molecule has 0 amide bonds. The maximum absolute atomic E-state index is 11.9. The molecule has 0 bridgehead atoms. The molecule has 0 saturated heterocycles. The van der Waals surface area contributed by atoms with E-state index >= 15 is 0 Å². The highest BCUT2D eigenvalue weighted by Gasteiger charge is 2.28. The second-order valence-electron chi connectivity index (χ2n) is 3.06. The zero-order valence-corrected chi connectivity index (χ0v) is 8.45. The van der Waals surface area contributed by atoms with E-state index in [0.29, 0.717) is 0 Å². The van der Waals surface area contributed by atoms with Gasteiger partial charge in [0.05, 0.1) is 11.2 Å². The first-order chi connectivity index (χ1) is 6.40. The largest absolute Gasteiger partial charge is 0.389 e. The molecule has 1 heterocycles. The summed E-state index contributed by atoms with van der Waals surface area (Å²) < 4.78 is 35.7. The molecular formula is C8H11F3N2S. The molecule has 1 aromatic rings. The number of thiazole rings is 1. The van der Waals surface area contributed by atoms with Crippen LogP contribution in [0, 0.1) is 6.92 Å². The Morgan fingerprint density at radius 1 is 1.57 bits per heavy atom. The molecule has 2 nitrogen and oxygen atoms in total. The zero-order valence-electron chi connectivity index (χ0n) is 7.64. The van der Waals surface area contributed by atoms with Crippen LogP contribution in [0.5, 0.6) is 0 Å². The van der Waals surface area contributed by atoms with Crippen molar-refractivity contribution >= 4 is 11.3 Å². The van der Waals surface area contributed by atoms with Crippen molar-refractivity contribution in [1.82, 2.24) is 4.98 Å². The normalized spacial score (nSPS) is 14.4. The predicted molar refractivity (Wildman–Crippen MR) is 49.1 cm³/mol. The van der Waals surface area contributed by atoms with Gasteiger partial charge in [-0.3, -0.25) is 0 Å². The molecule has 80 valence electrons. The van der Waals surface area contributed by atoms with Crippen LogP contribution in [-0.2, 0) is 0 Å². The second-order valence-corrected chi connectivity index (χ2v) is 3.95. The van der Waals surface area contributed by atoms with E-state index < -0.39 is 18.6 Å². The topological polar surface area (TPSA) is 38.9 Å². The summed E-state index contributed by atoms with van der Waals surface area (Å²) in [6, 6.07) is -0.552.